The van der Waals surface area contributed by atoms with Crippen LogP contribution >= 0.6 is 0 Å². The summed E-state index contributed by atoms with van der Waals surface area (Å²) in [6.45, 7) is 3.81. The highest BCUT2D eigenvalue weighted by atomic mass is 19.4. The molecule has 0 amide bonds. The van der Waals surface area contributed by atoms with Crippen molar-refractivity contribution in [1.29, 1.82) is 0 Å². The van der Waals surface area contributed by atoms with Gasteiger partial charge in [0.05, 0.1) is 19.4 Å². The summed E-state index contributed by atoms with van der Waals surface area (Å²) in [5, 5.41) is 0. The van der Waals surface area contributed by atoms with E-state index in [1.54, 1.807) is 36.2 Å². The molecule has 136 valence electrons. The molecule has 0 radical (unpaired) electrons. The number of hydrogen-bond donors (Lipinski definition) is 0. The highest BCUT2D eigenvalue weighted by molar-refractivity contribution is 5.64. The van der Waals surface area contributed by atoms with Crippen molar-refractivity contribution < 1.29 is 22.6 Å². The maximum atomic E-state index is 13.2. The average Bonchev–Trinajstić information content (AvgIpc) is 2.58. The molecule has 8 heteroatoms. The molecular weight excluding hydrogens is 335 g/mol. The van der Waals surface area contributed by atoms with E-state index in [2.05, 4.69) is 9.97 Å². The molecule has 0 saturated carbocycles. The van der Waals surface area contributed by atoms with Gasteiger partial charge in [0, 0.05) is 13.2 Å². The van der Waals surface area contributed by atoms with Crippen molar-refractivity contribution in [3.05, 3.63) is 36.0 Å². The fourth-order valence-corrected chi connectivity index (χ4v) is 2.08. The molecule has 0 bridgehead atoms. The van der Waals surface area contributed by atoms with Crippen LogP contribution in [0.5, 0.6) is 11.6 Å². The van der Waals surface area contributed by atoms with Crippen molar-refractivity contribution in [3.63, 3.8) is 0 Å². The normalized spacial score (nSPS) is 11.5. The molecule has 0 saturated heterocycles. The largest absolute Gasteiger partial charge is 0.495 e. The molecule has 0 atom stereocenters. The smallest absolute Gasteiger partial charge is 0.423 e. The zero-order valence-corrected chi connectivity index (χ0v) is 14.5. The summed E-state index contributed by atoms with van der Waals surface area (Å²) in [5.74, 6) is 0.216. The minimum Gasteiger partial charge on any atom is -0.495 e. The third-order valence-corrected chi connectivity index (χ3v) is 3.35. The Morgan fingerprint density at radius 1 is 1.20 bits per heavy atom. The van der Waals surface area contributed by atoms with Gasteiger partial charge >= 0.3 is 6.18 Å². The second kappa shape index (κ2) is 7.58. The zero-order valence-electron chi connectivity index (χ0n) is 14.5. The summed E-state index contributed by atoms with van der Waals surface area (Å²) in [5.41, 5.74) is -0.370. The Balaban J connectivity index is 2.43. The van der Waals surface area contributed by atoms with E-state index in [-0.39, 0.29) is 18.5 Å². The SMILES string of the molecule is COc1ccccc1N(C)c1ncc(C(F)(F)F)c(OCC(C)C)n1. The van der Waals surface area contributed by atoms with Gasteiger partial charge in [0.2, 0.25) is 11.8 Å². The van der Waals surface area contributed by atoms with Crippen LogP contribution in [0, 0.1) is 5.92 Å². The van der Waals surface area contributed by atoms with Gasteiger partial charge in [-0.1, -0.05) is 26.0 Å². The Bertz CT molecular complexity index is 721. The van der Waals surface area contributed by atoms with Crippen LogP contribution in [0.3, 0.4) is 0 Å². The van der Waals surface area contributed by atoms with E-state index in [1.807, 2.05) is 13.8 Å². The predicted molar refractivity (Wildman–Crippen MR) is 88.4 cm³/mol. The minimum absolute atomic E-state index is 0.0615. The van der Waals surface area contributed by atoms with Crippen molar-refractivity contribution in [2.75, 3.05) is 25.7 Å². The highest BCUT2D eigenvalue weighted by Crippen LogP contribution is 2.37. The average molecular weight is 355 g/mol. The summed E-state index contributed by atoms with van der Waals surface area (Å²) < 4.78 is 50.0. The maximum Gasteiger partial charge on any atom is 0.423 e. The van der Waals surface area contributed by atoms with Gasteiger partial charge in [-0.15, -0.1) is 0 Å². The second-order valence-corrected chi connectivity index (χ2v) is 5.82. The fourth-order valence-electron chi connectivity index (χ4n) is 2.08. The number of methoxy groups -OCH3 is 1. The molecule has 2 rings (SSSR count). The van der Waals surface area contributed by atoms with Gasteiger partial charge in [-0.25, -0.2) is 4.98 Å². The molecule has 25 heavy (non-hydrogen) atoms. The number of anilines is 2. The van der Waals surface area contributed by atoms with Gasteiger partial charge in [-0.2, -0.15) is 18.2 Å². The molecule has 0 unspecified atom stereocenters. The Hall–Kier alpha value is -2.51. The van der Waals surface area contributed by atoms with E-state index in [0.29, 0.717) is 11.4 Å². The predicted octanol–water partition coefficient (Wildman–Crippen LogP) is 4.31. The van der Waals surface area contributed by atoms with Crippen LogP contribution in [-0.2, 0) is 6.18 Å². The molecule has 1 heterocycles. The second-order valence-electron chi connectivity index (χ2n) is 5.82. The van der Waals surface area contributed by atoms with Crippen molar-refractivity contribution >= 4 is 11.6 Å². The Labute approximate surface area is 144 Å². The van der Waals surface area contributed by atoms with E-state index < -0.39 is 17.6 Å². The highest BCUT2D eigenvalue weighted by Gasteiger charge is 2.36. The lowest BCUT2D eigenvalue weighted by atomic mass is 10.2. The van der Waals surface area contributed by atoms with E-state index in [9.17, 15) is 13.2 Å². The Morgan fingerprint density at radius 2 is 1.88 bits per heavy atom. The van der Waals surface area contributed by atoms with Crippen LogP contribution in [0.1, 0.15) is 19.4 Å². The number of hydrogen-bond acceptors (Lipinski definition) is 5. The van der Waals surface area contributed by atoms with Crippen LogP contribution in [0.4, 0.5) is 24.8 Å². The lowest BCUT2D eigenvalue weighted by Crippen LogP contribution is -2.18. The number of ether oxygens (including phenoxy) is 2. The van der Waals surface area contributed by atoms with Gasteiger partial charge in [0.1, 0.15) is 11.3 Å². The summed E-state index contributed by atoms with van der Waals surface area (Å²) in [4.78, 5) is 9.37. The molecule has 1 aromatic carbocycles. The van der Waals surface area contributed by atoms with Crippen LogP contribution in [0.15, 0.2) is 30.5 Å². The quantitative estimate of drug-likeness (QED) is 0.773. The first-order chi connectivity index (χ1) is 11.7. The number of aromatic nitrogens is 2. The molecule has 1 aromatic heterocycles. The molecule has 0 N–H and O–H groups in total. The fraction of sp³-hybridized carbons (Fsp3) is 0.412. The number of halogens is 3. The third kappa shape index (κ3) is 4.52. The first kappa shape index (κ1) is 18.8. The van der Waals surface area contributed by atoms with Crippen molar-refractivity contribution in [3.8, 4) is 11.6 Å². The molecule has 0 spiro atoms. The standard InChI is InChI=1S/C17H20F3N3O2/c1-11(2)10-25-15-12(17(18,19)20)9-21-16(22-15)23(3)13-7-5-6-8-14(13)24-4/h5-9,11H,10H2,1-4H3. The van der Waals surface area contributed by atoms with Crippen LogP contribution < -0.4 is 14.4 Å². The van der Waals surface area contributed by atoms with Crippen LogP contribution in [0.25, 0.3) is 0 Å². The molecule has 0 aliphatic heterocycles. The third-order valence-electron chi connectivity index (χ3n) is 3.35. The topological polar surface area (TPSA) is 47.5 Å². The van der Waals surface area contributed by atoms with E-state index >= 15 is 0 Å². The Kier molecular flexibility index (Phi) is 5.71. The lowest BCUT2D eigenvalue weighted by Gasteiger charge is -2.21. The molecule has 5 nitrogen and oxygen atoms in total. The molecule has 0 aliphatic rings. The summed E-state index contributed by atoms with van der Waals surface area (Å²) >= 11 is 0. The first-order valence-electron chi connectivity index (χ1n) is 7.67. The van der Waals surface area contributed by atoms with Crippen molar-refractivity contribution in [1.82, 2.24) is 9.97 Å². The van der Waals surface area contributed by atoms with Gasteiger partial charge in [0.25, 0.3) is 0 Å². The molecule has 2 aromatic rings. The van der Waals surface area contributed by atoms with Gasteiger partial charge < -0.3 is 14.4 Å². The van der Waals surface area contributed by atoms with Crippen molar-refractivity contribution in [2.24, 2.45) is 5.92 Å². The summed E-state index contributed by atoms with van der Waals surface area (Å²) in [7, 11) is 3.16. The number of nitrogens with zero attached hydrogens (tertiary/aromatic N) is 3. The minimum atomic E-state index is -4.59. The van der Waals surface area contributed by atoms with E-state index in [4.69, 9.17) is 9.47 Å². The maximum absolute atomic E-state index is 13.2. The monoisotopic (exact) mass is 355 g/mol. The summed E-state index contributed by atoms with van der Waals surface area (Å²) in [6, 6.07) is 7.08. The molecular formula is C17H20F3N3O2. The number of rotatable bonds is 6. The van der Waals surface area contributed by atoms with Crippen LogP contribution in [-0.4, -0.2) is 30.7 Å². The van der Waals surface area contributed by atoms with Gasteiger partial charge in [-0.3, -0.25) is 0 Å². The molecule has 0 aliphatic carbocycles. The van der Waals surface area contributed by atoms with Gasteiger partial charge in [0.15, 0.2) is 0 Å². The van der Waals surface area contributed by atoms with Crippen LogP contribution in [0.2, 0.25) is 0 Å². The lowest BCUT2D eigenvalue weighted by molar-refractivity contribution is -0.139. The Morgan fingerprint density at radius 3 is 2.48 bits per heavy atom. The van der Waals surface area contributed by atoms with Crippen molar-refractivity contribution in [2.45, 2.75) is 20.0 Å². The number of para-hydroxylation sites is 2. The number of benzene rings is 1. The molecule has 0 fully saturated rings. The number of alkyl halides is 3. The van der Waals surface area contributed by atoms with E-state index in [0.717, 1.165) is 6.20 Å². The zero-order chi connectivity index (χ0) is 18.6. The summed E-state index contributed by atoms with van der Waals surface area (Å²) in [6.07, 6.45) is -3.85. The van der Waals surface area contributed by atoms with Gasteiger partial charge in [-0.05, 0) is 18.1 Å². The van der Waals surface area contributed by atoms with E-state index in [1.165, 1.54) is 7.11 Å². The first-order valence-corrected chi connectivity index (χ1v) is 7.67.